The van der Waals surface area contributed by atoms with Gasteiger partial charge in [0.05, 0.1) is 6.20 Å². The van der Waals surface area contributed by atoms with Gasteiger partial charge in [-0.05, 0) is 12.8 Å². The zero-order valence-electron chi connectivity index (χ0n) is 8.13. The van der Waals surface area contributed by atoms with Crippen LogP contribution >= 0.6 is 0 Å². The van der Waals surface area contributed by atoms with Gasteiger partial charge in [-0.15, -0.1) is 0 Å². The molecule has 5 heteroatoms. The molecule has 2 rings (SSSR count). The van der Waals surface area contributed by atoms with Gasteiger partial charge >= 0.3 is 0 Å². The normalized spacial score (nSPS) is 16.0. The lowest BCUT2D eigenvalue weighted by Crippen LogP contribution is -2.21. The first-order chi connectivity index (χ1) is 6.81. The standard InChI is InChI=1S/C9H13FN4/c1-11-8-7(10)6-12-9(13-8)14-4-2-3-5-14/h6H,2-5H2,1H3,(H,11,12,13). The van der Waals surface area contributed by atoms with Crippen LogP contribution in [0.25, 0.3) is 0 Å². The molecule has 1 N–H and O–H groups in total. The summed E-state index contributed by atoms with van der Waals surface area (Å²) in [5, 5.41) is 2.71. The largest absolute Gasteiger partial charge is 0.371 e. The first-order valence-electron chi connectivity index (χ1n) is 4.76. The number of hydrogen-bond acceptors (Lipinski definition) is 4. The predicted molar refractivity (Wildman–Crippen MR) is 53.0 cm³/mol. The Morgan fingerprint density at radius 3 is 2.79 bits per heavy atom. The first-order valence-corrected chi connectivity index (χ1v) is 4.76. The van der Waals surface area contributed by atoms with Gasteiger partial charge in [-0.1, -0.05) is 0 Å². The second kappa shape index (κ2) is 3.77. The quantitative estimate of drug-likeness (QED) is 0.773. The van der Waals surface area contributed by atoms with Crippen molar-refractivity contribution in [1.29, 1.82) is 0 Å². The zero-order valence-corrected chi connectivity index (χ0v) is 8.13. The van der Waals surface area contributed by atoms with Gasteiger partial charge in [-0.2, -0.15) is 4.98 Å². The van der Waals surface area contributed by atoms with Gasteiger partial charge in [0.15, 0.2) is 11.6 Å². The van der Waals surface area contributed by atoms with Crippen molar-refractivity contribution in [2.75, 3.05) is 30.4 Å². The SMILES string of the molecule is CNc1nc(N2CCCC2)ncc1F. The average molecular weight is 196 g/mol. The van der Waals surface area contributed by atoms with Gasteiger partial charge in [0.1, 0.15) is 0 Å². The van der Waals surface area contributed by atoms with Crippen LogP contribution in [0.4, 0.5) is 16.2 Å². The summed E-state index contributed by atoms with van der Waals surface area (Å²) in [5.41, 5.74) is 0. The maximum absolute atomic E-state index is 13.1. The molecule has 0 bridgehead atoms. The Balaban J connectivity index is 2.25. The summed E-state index contributed by atoms with van der Waals surface area (Å²) < 4.78 is 13.1. The Bertz CT molecular complexity index is 323. The van der Waals surface area contributed by atoms with Crippen LogP contribution in [0, 0.1) is 5.82 Å². The zero-order chi connectivity index (χ0) is 9.97. The molecule has 1 saturated heterocycles. The Morgan fingerprint density at radius 2 is 2.14 bits per heavy atom. The van der Waals surface area contributed by atoms with Crippen LogP contribution in [0.2, 0.25) is 0 Å². The van der Waals surface area contributed by atoms with Crippen LogP contribution in [0.5, 0.6) is 0 Å². The maximum atomic E-state index is 13.1. The molecular formula is C9H13FN4. The molecule has 0 radical (unpaired) electrons. The van der Waals surface area contributed by atoms with Gasteiger partial charge in [0, 0.05) is 20.1 Å². The van der Waals surface area contributed by atoms with Crippen molar-refractivity contribution in [1.82, 2.24) is 9.97 Å². The van der Waals surface area contributed by atoms with Gasteiger partial charge in [0.2, 0.25) is 5.95 Å². The van der Waals surface area contributed by atoms with Crippen molar-refractivity contribution < 1.29 is 4.39 Å². The molecule has 1 aromatic heterocycles. The van der Waals surface area contributed by atoms with Gasteiger partial charge in [0.25, 0.3) is 0 Å². The minimum Gasteiger partial charge on any atom is -0.371 e. The second-order valence-electron chi connectivity index (χ2n) is 3.31. The molecule has 76 valence electrons. The average Bonchev–Trinajstić information content (AvgIpc) is 2.71. The van der Waals surface area contributed by atoms with E-state index in [9.17, 15) is 4.39 Å². The Hall–Kier alpha value is -1.39. The smallest absolute Gasteiger partial charge is 0.227 e. The highest BCUT2D eigenvalue weighted by Crippen LogP contribution is 2.18. The molecule has 0 unspecified atom stereocenters. The van der Waals surface area contributed by atoms with Crippen molar-refractivity contribution in [3.05, 3.63) is 12.0 Å². The van der Waals surface area contributed by atoms with Crippen LogP contribution in [0.3, 0.4) is 0 Å². The molecule has 0 atom stereocenters. The molecule has 1 aliphatic heterocycles. The number of nitrogens with zero attached hydrogens (tertiary/aromatic N) is 3. The lowest BCUT2D eigenvalue weighted by atomic mass is 10.4. The van der Waals surface area contributed by atoms with Crippen LogP contribution < -0.4 is 10.2 Å². The first kappa shape index (κ1) is 9.18. The summed E-state index contributed by atoms with van der Waals surface area (Å²) in [5.74, 6) is 0.477. The Morgan fingerprint density at radius 1 is 1.43 bits per heavy atom. The molecule has 2 heterocycles. The van der Waals surface area contributed by atoms with Crippen molar-refractivity contribution in [3.8, 4) is 0 Å². The molecule has 0 amide bonds. The number of halogens is 1. The van der Waals surface area contributed by atoms with Crippen LogP contribution in [-0.2, 0) is 0 Å². The molecule has 1 aromatic rings. The molecule has 0 aromatic carbocycles. The summed E-state index contributed by atoms with van der Waals surface area (Å²) in [6, 6.07) is 0. The molecule has 0 saturated carbocycles. The highest BCUT2D eigenvalue weighted by molar-refractivity contribution is 5.42. The van der Waals surface area contributed by atoms with E-state index in [-0.39, 0.29) is 5.82 Å². The van der Waals surface area contributed by atoms with Crippen molar-refractivity contribution in [3.63, 3.8) is 0 Å². The molecule has 0 spiro atoms. The van der Waals surface area contributed by atoms with E-state index in [2.05, 4.69) is 20.2 Å². The number of aromatic nitrogens is 2. The summed E-state index contributed by atoms with van der Waals surface area (Å²) >= 11 is 0. The molecule has 14 heavy (non-hydrogen) atoms. The van der Waals surface area contributed by atoms with Crippen LogP contribution in [0.1, 0.15) is 12.8 Å². The molecule has 1 aliphatic rings. The van der Waals surface area contributed by atoms with E-state index in [4.69, 9.17) is 0 Å². The van der Waals surface area contributed by atoms with E-state index in [0.717, 1.165) is 25.9 Å². The van der Waals surface area contributed by atoms with E-state index < -0.39 is 5.82 Å². The minimum atomic E-state index is -0.407. The number of anilines is 2. The predicted octanol–water partition coefficient (Wildman–Crippen LogP) is 1.26. The van der Waals surface area contributed by atoms with Gasteiger partial charge < -0.3 is 10.2 Å². The van der Waals surface area contributed by atoms with E-state index in [0.29, 0.717) is 5.95 Å². The van der Waals surface area contributed by atoms with E-state index >= 15 is 0 Å². The third-order valence-corrected chi connectivity index (χ3v) is 2.36. The maximum Gasteiger partial charge on any atom is 0.227 e. The second-order valence-corrected chi connectivity index (χ2v) is 3.31. The summed E-state index contributed by atoms with van der Waals surface area (Å²) in [4.78, 5) is 10.1. The number of hydrogen-bond donors (Lipinski definition) is 1. The fraction of sp³-hybridized carbons (Fsp3) is 0.556. The third-order valence-electron chi connectivity index (χ3n) is 2.36. The highest BCUT2D eigenvalue weighted by Gasteiger charge is 2.16. The lowest BCUT2D eigenvalue weighted by molar-refractivity contribution is 0.617. The van der Waals surface area contributed by atoms with Gasteiger partial charge in [-0.3, -0.25) is 0 Å². The Kier molecular flexibility index (Phi) is 2.47. The van der Waals surface area contributed by atoms with Crippen LogP contribution in [-0.4, -0.2) is 30.1 Å². The number of rotatable bonds is 2. The molecular weight excluding hydrogens is 183 g/mol. The van der Waals surface area contributed by atoms with Crippen molar-refractivity contribution in [2.24, 2.45) is 0 Å². The monoisotopic (exact) mass is 196 g/mol. The third kappa shape index (κ3) is 1.62. The van der Waals surface area contributed by atoms with Crippen molar-refractivity contribution >= 4 is 11.8 Å². The Labute approximate surface area is 82.2 Å². The molecule has 4 nitrogen and oxygen atoms in total. The molecule has 0 aliphatic carbocycles. The number of nitrogens with one attached hydrogen (secondary N) is 1. The van der Waals surface area contributed by atoms with Crippen LogP contribution in [0.15, 0.2) is 6.20 Å². The fourth-order valence-corrected chi connectivity index (χ4v) is 1.60. The van der Waals surface area contributed by atoms with E-state index in [1.165, 1.54) is 6.20 Å². The van der Waals surface area contributed by atoms with Crippen molar-refractivity contribution in [2.45, 2.75) is 12.8 Å². The summed E-state index contributed by atoms with van der Waals surface area (Å²) in [7, 11) is 1.65. The summed E-state index contributed by atoms with van der Waals surface area (Å²) in [6.07, 6.45) is 3.54. The summed E-state index contributed by atoms with van der Waals surface area (Å²) in [6.45, 7) is 1.93. The van der Waals surface area contributed by atoms with E-state index in [1.807, 2.05) is 0 Å². The highest BCUT2D eigenvalue weighted by atomic mass is 19.1. The minimum absolute atomic E-state index is 0.266. The molecule has 1 fully saturated rings. The topological polar surface area (TPSA) is 41.1 Å². The lowest BCUT2D eigenvalue weighted by Gasteiger charge is -2.15. The van der Waals surface area contributed by atoms with Gasteiger partial charge in [-0.25, -0.2) is 9.37 Å². The van der Waals surface area contributed by atoms with E-state index in [1.54, 1.807) is 7.05 Å². The fourth-order valence-electron chi connectivity index (χ4n) is 1.60.